The van der Waals surface area contributed by atoms with Gasteiger partial charge in [-0.25, -0.2) is 4.79 Å². The predicted molar refractivity (Wildman–Crippen MR) is 69.3 cm³/mol. The van der Waals surface area contributed by atoms with E-state index < -0.39 is 11.6 Å². The van der Waals surface area contributed by atoms with Crippen LogP contribution in [-0.4, -0.2) is 28.4 Å². The predicted octanol–water partition coefficient (Wildman–Crippen LogP) is 1.87. The van der Waals surface area contributed by atoms with Crippen molar-refractivity contribution in [3.05, 3.63) is 36.0 Å². The number of aryl methyl sites for hydroxylation is 1. The average Bonchev–Trinajstić information content (AvgIpc) is 2.70. The second-order valence-electron chi connectivity index (χ2n) is 4.77. The van der Waals surface area contributed by atoms with Crippen LogP contribution < -0.4 is 0 Å². The molecule has 2 rings (SSSR count). The summed E-state index contributed by atoms with van der Waals surface area (Å²) >= 11 is 0. The smallest absolute Gasteiger partial charge is 0.339 e. The van der Waals surface area contributed by atoms with Crippen LogP contribution in [0, 0.1) is 6.92 Å². The number of rotatable bonds is 3. The first-order valence-electron chi connectivity index (χ1n) is 5.80. The Balaban J connectivity index is 2.37. The number of carbonyl (C=O) groups is 1. The fourth-order valence-electron chi connectivity index (χ4n) is 2.05. The largest absolute Gasteiger partial charge is 0.467 e. The fraction of sp³-hybridized carbons (Fsp3) is 0.357. The van der Waals surface area contributed by atoms with E-state index in [9.17, 15) is 9.90 Å². The molecule has 0 aliphatic rings. The molecule has 18 heavy (non-hydrogen) atoms. The topological polar surface area (TPSA) is 51.5 Å². The maximum Gasteiger partial charge on any atom is 0.339 e. The number of aromatic nitrogens is 1. The highest BCUT2D eigenvalue weighted by Crippen LogP contribution is 2.20. The summed E-state index contributed by atoms with van der Waals surface area (Å²) in [6, 6.07) is 8.05. The molecule has 1 aromatic heterocycles. The number of benzene rings is 1. The second kappa shape index (κ2) is 4.46. The quantitative estimate of drug-likeness (QED) is 0.842. The van der Waals surface area contributed by atoms with Gasteiger partial charge in [0.25, 0.3) is 0 Å². The average molecular weight is 247 g/mol. The molecule has 0 aliphatic carbocycles. The standard InChI is InChI=1S/C14H17NO3/c1-10-4-5-11-6-7-15(12(11)8-10)9-14(2,17)13(16)18-3/h4-8,17H,9H2,1-3H3. The van der Waals surface area contributed by atoms with Gasteiger partial charge in [-0.1, -0.05) is 12.1 Å². The van der Waals surface area contributed by atoms with Crippen LogP contribution in [0.3, 0.4) is 0 Å². The minimum absolute atomic E-state index is 0.173. The number of hydrogen-bond donors (Lipinski definition) is 1. The van der Waals surface area contributed by atoms with Crippen LogP contribution in [0.5, 0.6) is 0 Å². The van der Waals surface area contributed by atoms with Gasteiger partial charge in [-0.3, -0.25) is 0 Å². The zero-order chi connectivity index (χ0) is 13.3. The van der Waals surface area contributed by atoms with E-state index in [1.807, 2.05) is 42.0 Å². The third kappa shape index (κ3) is 2.24. The molecule has 0 aliphatic heterocycles. The highest BCUT2D eigenvalue weighted by atomic mass is 16.5. The van der Waals surface area contributed by atoms with Gasteiger partial charge in [0.15, 0.2) is 5.60 Å². The molecule has 4 nitrogen and oxygen atoms in total. The number of fused-ring (bicyclic) bond motifs is 1. The molecule has 0 saturated carbocycles. The van der Waals surface area contributed by atoms with Gasteiger partial charge in [0.1, 0.15) is 0 Å². The van der Waals surface area contributed by atoms with Crippen molar-refractivity contribution >= 4 is 16.9 Å². The van der Waals surface area contributed by atoms with Gasteiger partial charge in [-0.05, 0) is 36.9 Å². The first-order valence-corrected chi connectivity index (χ1v) is 5.80. The Bertz CT molecular complexity index is 584. The van der Waals surface area contributed by atoms with Crippen LogP contribution in [0.2, 0.25) is 0 Å². The third-order valence-corrected chi connectivity index (χ3v) is 3.03. The Morgan fingerprint density at radius 2 is 2.17 bits per heavy atom. The zero-order valence-electron chi connectivity index (χ0n) is 10.8. The van der Waals surface area contributed by atoms with Crippen LogP contribution in [0.15, 0.2) is 30.5 Å². The minimum atomic E-state index is -1.52. The molecule has 96 valence electrons. The van der Waals surface area contributed by atoms with E-state index in [1.54, 1.807) is 0 Å². The molecule has 0 amide bonds. The molecule has 1 heterocycles. The van der Waals surface area contributed by atoms with Gasteiger partial charge in [-0.2, -0.15) is 0 Å². The van der Waals surface area contributed by atoms with E-state index in [2.05, 4.69) is 4.74 Å². The molecule has 1 aromatic carbocycles. The fourth-order valence-corrected chi connectivity index (χ4v) is 2.05. The molecule has 4 heteroatoms. The van der Waals surface area contributed by atoms with Crippen LogP contribution >= 0.6 is 0 Å². The van der Waals surface area contributed by atoms with Crippen molar-refractivity contribution in [2.24, 2.45) is 0 Å². The van der Waals surface area contributed by atoms with Crippen LogP contribution in [0.4, 0.5) is 0 Å². The maximum absolute atomic E-state index is 11.5. The van der Waals surface area contributed by atoms with Crippen molar-refractivity contribution < 1.29 is 14.6 Å². The molecular formula is C14H17NO3. The van der Waals surface area contributed by atoms with E-state index in [1.165, 1.54) is 14.0 Å². The first-order chi connectivity index (χ1) is 8.44. The number of ether oxygens (including phenoxy) is 1. The summed E-state index contributed by atoms with van der Waals surface area (Å²) in [7, 11) is 1.27. The molecule has 0 fully saturated rings. The maximum atomic E-state index is 11.5. The summed E-state index contributed by atoms with van der Waals surface area (Å²) in [5, 5.41) is 11.2. The van der Waals surface area contributed by atoms with Gasteiger partial charge < -0.3 is 14.4 Å². The molecule has 0 bridgehead atoms. The van der Waals surface area contributed by atoms with Crippen LogP contribution in [0.25, 0.3) is 10.9 Å². The van der Waals surface area contributed by atoms with Crippen molar-refractivity contribution in [1.82, 2.24) is 4.57 Å². The number of nitrogens with zero attached hydrogens (tertiary/aromatic N) is 1. The second-order valence-corrected chi connectivity index (χ2v) is 4.77. The number of hydrogen-bond acceptors (Lipinski definition) is 3. The van der Waals surface area contributed by atoms with Gasteiger partial charge in [0, 0.05) is 11.7 Å². The lowest BCUT2D eigenvalue weighted by Crippen LogP contribution is -2.40. The lowest BCUT2D eigenvalue weighted by molar-refractivity contribution is -0.161. The Hall–Kier alpha value is -1.81. The molecule has 2 aromatic rings. The summed E-state index contributed by atoms with van der Waals surface area (Å²) in [5.41, 5.74) is 0.615. The first kappa shape index (κ1) is 12.6. The van der Waals surface area contributed by atoms with Crippen molar-refractivity contribution in [2.45, 2.75) is 26.0 Å². The zero-order valence-corrected chi connectivity index (χ0v) is 10.8. The molecule has 0 saturated heterocycles. The summed E-state index contributed by atoms with van der Waals surface area (Å²) in [4.78, 5) is 11.5. The van der Waals surface area contributed by atoms with E-state index in [0.717, 1.165) is 16.5 Å². The lowest BCUT2D eigenvalue weighted by atomic mass is 10.1. The summed E-state index contributed by atoms with van der Waals surface area (Å²) in [6.45, 7) is 3.64. The van der Waals surface area contributed by atoms with E-state index in [-0.39, 0.29) is 6.54 Å². The Labute approximate surface area is 106 Å². The Kier molecular flexibility index (Phi) is 3.13. The Morgan fingerprint density at radius 3 is 2.83 bits per heavy atom. The number of aliphatic hydroxyl groups is 1. The van der Waals surface area contributed by atoms with Gasteiger partial charge in [0.05, 0.1) is 13.7 Å². The molecule has 0 spiro atoms. The van der Waals surface area contributed by atoms with E-state index >= 15 is 0 Å². The van der Waals surface area contributed by atoms with Gasteiger partial charge in [-0.15, -0.1) is 0 Å². The van der Waals surface area contributed by atoms with Crippen LogP contribution in [-0.2, 0) is 16.1 Å². The third-order valence-electron chi connectivity index (χ3n) is 3.03. The van der Waals surface area contributed by atoms with Crippen molar-refractivity contribution in [2.75, 3.05) is 7.11 Å². The Morgan fingerprint density at radius 1 is 1.44 bits per heavy atom. The van der Waals surface area contributed by atoms with Crippen molar-refractivity contribution in [3.8, 4) is 0 Å². The summed E-state index contributed by atoms with van der Waals surface area (Å²) in [6.07, 6.45) is 1.86. The highest BCUT2D eigenvalue weighted by Gasteiger charge is 2.32. The molecule has 1 unspecified atom stereocenters. The number of carbonyl (C=O) groups excluding carboxylic acids is 1. The van der Waals surface area contributed by atoms with Crippen molar-refractivity contribution in [3.63, 3.8) is 0 Å². The lowest BCUT2D eigenvalue weighted by Gasteiger charge is -2.21. The molecule has 1 N–H and O–H groups in total. The number of methoxy groups -OCH3 is 1. The van der Waals surface area contributed by atoms with Gasteiger partial charge in [0.2, 0.25) is 0 Å². The highest BCUT2D eigenvalue weighted by molar-refractivity contribution is 5.82. The van der Waals surface area contributed by atoms with Crippen molar-refractivity contribution in [1.29, 1.82) is 0 Å². The SMILES string of the molecule is COC(=O)C(C)(O)Cn1ccc2ccc(C)cc21. The van der Waals surface area contributed by atoms with E-state index in [0.29, 0.717) is 0 Å². The normalized spacial score (nSPS) is 14.4. The minimum Gasteiger partial charge on any atom is -0.467 e. The molecule has 0 radical (unpaired) electrons. The molecular weight excluding hydrogens is 230 g/mol. The van der Waals surface area contributed by atoms with E-state index in [4.69, 9.17) is 0 Å². The number of esters is 1. The van der Waals surface area contributed by atoms with Crippen LogP contribution in [0.1, 0.15) is 12.5 Å². The van der Waals surface area contributed by atoms with Gasteiger partial charge >= 0.3 is 5.97 Å². The summed E-state index contributed by atoms with van der Waals surface area (Å²) in [5.74, 6) is -0.628. The molecule has 1 atom stereocenters. The summed E-state index contributed by atoms with van der Waals surface area (Å²) < 4.78 is 6.46. The monoisotopic (exact) mass is 247 g/mol.